The Kier molecular flexibility index (Phi) is 3.37. The highest BCUT2D eigenvalue weighted by atomic mass is 32.2. The normalized spacial score (nSPS) is 13.7. The summed E-state index contributed by atoms with van der Waals surface area (Å²) in [5, 5.41) is 7.08. The zero-order valence-electron chi connectivity index (χ0n) is 9.75. The van der Waals surface area contributed by atoms with E-state index in [1.54, 1.807) is 26.0 Å². The predicted molar refractivity (Wildman–Crippen MR) is 66.5 cm³/mol. The van der Waals surface area contributed by atoms with Gasteiger partial charge in [-0.05, 0) is 26.0 Å². The third kappa shape index (κ3) is 2.68. The molecule has 0 aliphatic heterocycles. The number of nitrogen functional groups attached to an aromatic ring is 1. The number of aromatic nitrogens is 2. The summed E-state index contributed by atoms with van der Waals surface area (Å²) < 4.78 is 31.5. The third-order valence-corrected chi connectivity index (χ3v) is 4.83. The first-order chi connectivity index (χ1) is 8.38. The first-order valence-corrected chi connectivity index (χ1v) is 7.36. The molecule has 0 amide bonds. The summed E-state index contributed by atoms with van der Waals surface area (Å²) in [5.74, 6) is 1.25. The summed E-state index contributed by atoms with van der Waals surface area (Å²) in [6.07, 6.45) is 0. The van der Waals surface area contributed by atoms with Crippen molar-refractivity contribution in [3.05, 3.63) is 23.7 Å². The van der Waals surface area contributed by atoms with Gasteiger partial charge >= 0.3 is 0 Å². The Balaban J connectivity index is 2.18. The van der Waals surface area contributed by atoms with Gasteiger partial charge in [-0.15, -0.1) is 10.2 Å². The maximum absolute atomic E-state index is 11.9. The van der Waals surface area contributed by atoms with Crippen LogP contribution in [0.15, 0.2) is 20.9 Å². The van der Waals surface area contributed by atoms with Gasteiger partial charge in [0.25, 0.3) is 10.0 Å². The number of nitrogens with zero attached hydrogens (tertiary/aromatic N) is 2. The first-order valence-electron chi connectivity index (χ1n) is 5.06. The lowest BCUT2D eigenvalue weighted by molar-refractivity contribution is 0.441. The molecular weight excluding hydrogens is 276 g/mol. The topological polar surface area (TPSA) is 111 Å². The average molecular weight is 288 g/mol. The number of hydrogen-bond donors (Lipinski definition) is 2. The zero-order chi connectivity index (χ0) is 13.3. The fourth-order valence-corrected chi connectivity index (χ4v) is 3.37. The van der Waals surface area contributed by atoms with E-state index in [9.17, 15) is 8.42 Å². The standard InChI is InChI=1S/C9H12N4O3S2/c1-5-3-4-7(16-5)6(2)13-18(14,15)9-12-11-8(10)17-9/h3-4,6,13H,1-2H3,(H2,10,11). The Labute approximate surface area is 108 Å². The first kappa shape index (κ1) is 13.0. The van der Waals surface area contributed by atoms with Crippen LogP contribution < -0.4 is 10.5 Å². The summed E-state index contributed by atoms with van der Waals surface area (Å²) in [6, 6.07) is 2.99. The van der Waals surface area contributed by atoms with E-state index >= 15 is 0 Å². The van der Waals surface area contributed by atoms with Gasteiger partial charge in [-0.2, -0.15) is 4.72 Å². The van der Waals surface area contributed by atoms with Crippen molar-refractivity contribution in [2.75, 3.05) is 5.73 Å². The Hall–Kier alpha value is -1.45. The molecule has 0 saturated heterocycles. The molecule has 0 radical (unpaired) electrons. The molecule has 2 heterocycles. The highest BCUT2D eigenvalue weighted by Gasteiger charge is 2.23. The Morgan fingerprint density at radius 1 is 1.44 bits per heavy atom. The van der Waals surface area contributed by atoms with Crippen molar-refractivity contribution >= 4 is 26.5 Å². The minimum absolute atomic E-state index is 0.108. The van der Waals surface area contributed by atoms with Crippen LogP contribution >= 0.6 is 11.3 Å². The van der Waals surface area contributed by atoms with Crippen LogP contribution in [0.2, 0.25) is 0 Å². The molecule has 0 fully saturated rings. The molecule has 98 valence electrons. The molecule has 2 rings (SSSR count). The predicted octanol–water partition coefficient (Wildman–Crippen LogP) is 1.06. The number of nitrogens with two attached hydrogens (primary N) is 1. The second kappa shape index (κ2) is 4.67. The lowest BCUT2D eigenvalue weighted by atomic mass is 10.3. The molecule has 0 spiro atoms. The number of nitrogens with one attached hydrogen (secondary N) is 1. The summed E-state index contributed by atoms with van der Waals surface area (Å²) in [6.45, 7) is 3.47. The molecule has 0 aliphatic rings. The van der Waals surface area contributed by atoms with Crippen LogP contribution in [0.5, 0.6) is 0 Å². The van der Waals surface area contributed by atoms with E-state index in [0.717, 1.165) is 17.1 Å². The van der Waals surface area contributed by atoms with Crippen molar-refractivity contribution in [3.8, 4) is 0 Å². The fourth-order valence-electron chi connectivity index (χ4n) is 1.36. The third-order valence-electron chi connectivity index (χ3n) is 2.17. The van der Waals surface area contributed by atoms with Gasteiger partial charge in [-0.3, -0.25) is 0 Å². The SMILES string of the molecule is Cc1ccc(C(C)NS(=O)(=O)c2nnc(N)s2)o1. The number of furan rings is 1. The van der Waals surface area contributed by atoms with Gasteiger partial charge in [0, 0.05) is 0 Å². The van der Waals surface area contributed by atoms with Crippen molar-refractivity contribution < 1.29 is 12.8 Å². The van der Waals surface area contributed by atoms with E-state index < -0.39 is 16.1 Å². The van der Waals surface area contributed by atoms with Gasteiger partial charge in [0.1, 0.15) is 11.5 Å². The molecule has 0 aliphatic carbocycles. The smallest absolute Gasteiger partial charge is 0.270 e. The summed E-state index contributed by atoms with van der Waals surface area (Å²) in [5.41, 5.74) is 5.35. The quantitative estimate of drug-likeness (QED) is 0.870. The van der Waals surface area contributed by atoms with Gasteiger partial charge < -0.3 is 10.2 Å². The molecular formula is C9H12N4O3S2. The number of sulfonamides is 1. The second-order valence-electron chi connectivity index (χ2n) is 3.70. The van der Waals surface area contributed by atoms with Crippen LogP contribution in [0, 0.1) is 6.92 Å². The van der Waals surface area contributed by atoms with Crippen molar-refractivity contribution in [2.45, 2.75) is 24.2 Å². The monoisotopic (exact) mass is 288 g/mol. The van der Waals surface area contributed by atoms with E-state index in [0.29, 0.717) is 5.76 Å². The molecule has 1 atom stereocenters. The van der Waals surface area contributed by atoms with Crippen LogP contribution in [0.3, 0.4) is 0 Å². The molecule has 2 aromatic heterocycles. The van der Waals surface area contributed by atoms with Gasteiger partial charge in [0.2, 0.25) is 9.47 Å². The number of rotatable bonds is 4. The number of aryl methyl sites for hydroxylation is 1. The molecule has 1 unspecified atom stereocenters. The highest BCUT2D eigenvalue weighted by Crippen LogP contribution is 2.21. The fraction of sp³-hybridized carbons (Fsp3) is 0.333. The second-order valence-corrected chi connectivity index (χ2v) is 6.59. The van der Waals surface area contributed by atoms with Crippen molar-refractivity contribution in [2.24, 2.45) is 0 Å². The molecule has 9 heteroatoms. The highest BCUT2D eigenvalue weighted by molar-refractivity contribution is 7.91. The minimum Gasteiger partial charge on any atom is -0.465 e. The van der Waals surface area contributed by atoms with Gasteiger partial charge in [0.05, 0.1) is 6.04 Å². The lowest BCUT2D eigenvalue weighted by Gasteiger charge is -2.09. The lowest BCUT2D eigenvalue weighted by Crippen LogP contribution is -2.26. The summed E-state index contributed by atoms with van der Waals surface area (Å²) in [7, 11) is -3.72. The van der Waals surface area contributed by atoms with Gasteiger partial charge in [-0.1, -0.05) is 11.3 Å². The molecule has 18 heavy (non-hydrogen) atoms. The molecule has 7 nitrogen and oxygen atoms in total. The molecule has 2 aromatic rings. The maximum Gasteiger partial charge on any atom is 0.270 e. The van der Waals surface area contributed by atoms with E-state index in [1.165, 1.54) is 0 Å². The van der Waals surface area contributed by atoms with E-state index in [-0.39, 0.29) is 9.47 Å². The molecule has 0 aromatic carbocycles. The van der Waals surface area contributed by atoms with Crippen LogP contribution in [-0.2, 0) is 10.0 Å². The van der Waals surface area contributed by atoms with E-state index in [1.807, 2.05) is 0 Å². The summed E-state index contributed by atoms with van der Waals surface area (Å²) >= 11 is 0.812. The summed E-state index contributed by atoms with van der Waals surface area (Å²) in [4.78, 5) is 0. The van der Waals surface area contributed by atoms with Crippen molar-refractivity contribution in [3.63, 3.8) is 0 Å². The minimum atomic E-state index is -3.72. The zero-order valence-corrected chi connectivity index (χ0v) is 11.4. The maximum atomic E-state index is 11.9. The van der Waals surface area contributed by atoms with Crippen LogP contribution in [0.25, 0.3) is 0 Å². The van der Waals surface area contributed by atoms with Crippen LogP contribution in [-0.4, -0.2) is 18.6 Å². The Bertz CT molecular complexity index is 646. The van der Waals surface area contributed by atoms with Gasteiger partial charge in [-0.25, -0.2) is 8.42 Å². The van der Waals surface area contributed by atoms with Crippen molar-refractivity contribution in [1.29, 1.82) is 0 Å². The van der Waals surface area contributed by atoms with Gasteiger partial charge in [0.15, 0.2) is 0 Å². The largest absolute Gasteiger partial charge is 0.465 e. The Morgan fingerprint density at radius 3 is 2.67 bits per heavy atom. The van der Waals surface area contributed by atoms with Crippen LogP contribution in [0.4, 0.5) is 5.13 Å². The Morgan fingerprint density at radius 2 is 2.17 bits per heavy atom. The molecule has 0 saturated carbocycles. The number of anilines is 1. The van der Waals surface area contributed by atoms with Crippen molar-refractivity contribution in [1.82, 2.24) is 14.9 Å². The van der Waals surface area contributed by atoms with E-state index in [4.69, 9.17) is 10.2 Å². The number of hydrogen-bond acceptors (Lipinski definition) is 7. The molecule has 3 N–H and O–H groups in total. The van der Waals surface area contributed by atoms with E-state index in [2.05, 4.69) is 14.9 Å². The average Bonchev–Trinajstić information content (AvgIpc) is 2.86. The molecule has 0 bridgehead atoms. The van der Waals surface area contributed by atoms with Crippen LogP contribution in [0.1, 0.15) is 24.5 Å².